The largest absolute Gasteiger partial charge is 0.383 e. The van der Waals surface area contributed by atoms with E-state index in [1.54, 1.807) is 24.4 Å². The number of rotatable bonds is 7. The molecule has 2 heterocycles. The highest BCUT2D eigenvalue weighted by molar-refractivity contribution is 6.33. The van der Waals surface area contributed by atoms with Crippen LogP contribution in [0.15, 0.2) is 42.7 Å². The molecule has 1 aliphatic rings. The molecule has 0 spiro atoms. The number of carbonyl (C=O) groups is 1. The van der Waals surface area contributed by atoms with Crippen molar-refractivity contribution in [3.63, 3.8) is 0 Å². The predicted octanol–water partition coefficient (Wildman–Crippen LogP) is 4.41. The van der Waals surface area contributed by atoms with Gasteiger partial charge in [-0.1, -0.05) is 17.7 Å². The summed E-state index contributed by atoms with van der Waals surface area (Å²) < 4.78 is 5.15. The number of hydrogen-bond donors (Lipinski definition) is 1. The first kappa shape index (κ1) is 20.4. The highest BCUT2D eigenvalue weighted by atomic mass is 35.5. The van der Waals surface area contributed by atoms with Crippen molar-refractivity contribution in [2.45, 2.75) is 25.8 Å². The molecule has 1 aromatic carbocycles. The smallest absolute Gasteiger partial charge is 0.322 e. The summed E-state index contributed by atoms with van der Waals surface area (Å²) in [6.07, 6.45) is 7.14. The molecule has 0 unspecified atom stereocenters. The number of methoxy groups -OCH3 is 1. The Morgan fingerprint density at radius 1 is 1.29 bits per heavy atom. The molecule has 2 aromatic rings. The van der Waals surface area contributed by atoms with E-state index in [0.29, 0.717) is 30.4 Å². The van der Waals surface area contributed by atoms with Crippen molar-refractivity contribution in [1.82, 2.24) is 9.88 Å². The zero-order chi connectivity index (χ0) is 19.8. The van der Waals surface area contributed by atoms with Crippen LogP contribution in [0.5, 0.6) is 0 Å². The average Bonchev–Trinajstić information content (AvgIpc) is 2.72. The molecule has 1 fully saturated rings. The van der Waals surface area contributed by atoms with Gasteiger partial charge < -0.3 is 19.9 Å². The Morgan fingerprint density at radius 3 is 2.79 bits per heavy atom. The number of nitrogens with one attached hydrogen (secondary N) is 1. The molecule has 1 aliphatic heterocycles. The van der Waals surface area contributed by atoms with Gasteiger partial charge in [-0.3, -0.25) is 4.98 Å². The highest BCUT2D eigenvalue weighted by Gasteiger charge is 2.17. The molecule has 7 heteroatoms. The number of halogens is 1. The van der Waals surface area contributed by atoms with Gasteiger partial charge in [-0.05, 0) is 49.1 Å². The maximum Gasteiger partial charge on any atom is 0.322 e. The lowest BCUT2D eigenvalue weighted by Crippen LogP contribution is -2.37. The van der Waals surface area contributed by atoms with Crippen LogP contribution in [0.3, 0.4) is 0 Å². The third kappa shape index (κ3) is 5.59. The van der Waals surface area contributed by atoms with Gasteiger partial charge >= 0.3 is 6.03 Å². The van der Waals surface area contributed by atoms with Gasteiger partial charge in [-0.2, -0.15) is 0 Å². The van der Waals surface area contributed by atoms with Crippen LogP contribution >= 0.6 is 11.6 Å². The summed E-state index contributed by atoms with van der Waals surface area (Å²) in [6, 6.07) is 9.34. The predicted molar refractivity (Wildman–Crippen MR) is 113 cm³/mol. The molecule has 3 rings (SSSR count). The Morgan fingerprint density at radius 2 is 2.11 bits per heavy atom. The van der Waals surface area contributed by atoms with Crippen LogP contribution in [0.25, 0.3) is 0 Å². The fraction of sp³-hybridized carbons (Fsp3) is 0.429. The fourth-order valence-corrected chi connectivity index (χ4v) is 3.64. The van der Waals surface area contributed by atoms with Crippen molar-refractivity contribution in [2.75, 3.05) is 43.6 Å². The molecular formula is C21H27ClN4O2. The summed E-state index contributed by atoms with van der Waals surface area (Å²) in [5, 5.41) is 3.61. The zero-order valence-corrected chi connectivity index (χ0v) is 17.0. The SMILES string of the molecule is COCCN(Cc1cccnc1)C(=O)Nc1ccc(N2CCCCC2)c(Cl)c1. The first-order valence-corrected chi connectivity index (χ1v) is 10.0. The van der Waals surface area contributed by atoms with E-state index in [4.69, 9.17) is 16.3 Å². The summed E-state index contributed by atoms with van der Waals surface area (Å²) in [5.74, 6) is 0. The second-order valence-electron chi connectivity index (χ2n) is 6.92. The number of urea groups is 1. The number of piperidine rings is 1. The molecule has 0 atom stereocenters. The summed E-state index contributed by atoms with van der Waals surface area (Å²) in [4.78, 5) is 20.9. The Labute approximate surface area is 171 Å². The van der Waals surface area contributed by atoms with Crippen molar-refractivity contribution in [3.8, 4) is 0 Å². The number of benzene rings is 1. The Hall–Kier alpha value is -2.31. The standard InChI is InChI=1S/C21H27ClN4O2/c1-28-13-12-26(16-17-6-5-9-23-15-17)21(27)24-18-7-8-20(19(22)14-18)25-10-3-2-4-11-25/h5-9,14-15H,2-4,10-13,16H2,1H3,(H,24,27). The van der Waals surface area contributed by atoms with Gasteiger partial charge in [-0.15, -0.1) is 0 Å². The topological polar surface area (TPSA) is 57.7 Å². The number of amides is 2. The summed E-state index contributed by atoms with van der Waals surface area (Å²) in [7, 11) is 1.62. The summed E-state index contributed by atoms with van der Waals surface area (Å²) >= 11 is 6.50. The number of anilines is 2. The number of carbonyl (C=O) groups excluding carboxylic acids is 1. The normalized spacial score (nSPS) is 14.0. The molecule has 0 radical (unpaired) electrons. The average molecular weight is 403 g/mol. The van der Waals surface area contributed by atoms with Crippen LogP contribution in [0.1, 0.15) is 24.8 Å². The molecule has 0 bridgehead atoms. The Bertz CT molecular complexity index is 766. The molecule has 0 saturated carbocycles. The maximum absolute atomic E-state index is 12.8. The number of aromatic nitrogens is 1. The van der Waals surface area contributed by atoms with Crippen molar-refractivity contribution in [3.05, 3.63) is 53.3 Å². The Balaban J connectivity index is 1.67. The molecule has 1 N–H and O–H groups in total. The molecule has 2 amide bonds. The van der Waals surface area contributed by atoms with Gasteiger partial charge in [0.1, 0.15) is 0 Å². The third-order valence-electron chi connectivity index (χ3n) is 4.84. The van der Waals surface area contributed by atoms with Gasteiger partial charge in [0.2, 0.25) is 0 Å². The number of ether oxygens (including phenoxy) is 1. The number of hydrogen-bond acceptors (Lipinski definition) is 4. The highest BCUT2D eigenvalue weighted by Crippen LogP contribution is 2.31. The second-order valence-corrected chi connectivity index (χ2v) is 7.33. The third-order valence-corrected chi connectivity index (χ3v) is 5.15. The zero-order valence-electron chi connectivity index (χ0n) is 16.2. The molecule has 1 aromatic heterocycles. The van der Waals surface area contributed by atoms with Crippen molar-refractivity contribution in [1.29, 1.82) is 0 Å². The molecule has 1 saturated heterocycles. The Kier molecular flexibility index (Phi) is 7.51. The van der Waals surface area contributed by atoms with E-state index >= 15 is 0 Å². The second kappa shape index (κ2) is 10.3. The maximum atomic E-state index is 12.8. The molecule has 28 heavy (non-hydrogen) atoms. The van der Waals surface area contributed by atoms with Crippen LogP contribution in [-0.2, 0) is 11.3 Å². The molecule has 6 nitrogen and oxygen atoms in total. The molecular weight excluding hydrogens is 376 g/mol. The van der Waals surface area contributed by atoms with Crippen LogP contribution in [0.4, 0.5) is 16.2 Å². The van der Waals surface area contributed by atoms with E-state index in [0.717, 1.165) is 24.3 Å². The van der Waals surface area contributed by atoms with Crippen molar-refractivity contribution in [2.24, 2.45) is 0 Å². The van der Waals surface area contributed by atoms with Gasteiger partial charge in [0, 0.05) is 51.4 Å². The van der Waals surface area contributed by atoms with E-state index in [2.05, 4.69) is 15.2 Å². The first-order valence-electron chi connectivity index (χ1n) is 9.65. The van der Waals surface area contributed by atoms with Gasteiger partial charge in [0.25, 0.3) is 0 Å². The minimum Gasteiger partial charge on any atom is -0.383 e. The number of nitrogens with zero attached hydrogens (tertiary/aromatic N) is 3. The van der Waals surface area contributed by atoms with Gasteiger partial charge in [-0.25, -0.2) is 4.79 Å². The lowest BCUT2D eigenvalue weighted by molar-refractivity contribution is 0.153. The fourth-order valence-electron chi connectivity index (χ4n) is 3.34. The summed E-state index contributed by atoms with van der Waals surface area (Å²) in [6.45, 7) is 3.46. The van der Waals surface area contributed by atoms with Gasteiger partial charge in [0.05, 0.1) is 17.3 Å². The van der Waals surface area contributed by atoms with E-state index in [1.165, 1.54) is 19.3 Å². The van der Waals surface area contributed by atoms with E-state index in [9.17, 15) is 4.79 Å². The van der Waals surface area contributed by atoms with Crippen LogP contribution in [0, 0.1) is 0 Å². The molecule has 150 valence electrons. The van der Waals surface area contributed by atoms with Crippen LogP contribution in [0.2, 0.25) is 5.02 Å². The van der Waals surface area contributed by atoms with Crippen molar-refractivity contribution >= 4 is 29.0 Å². The van der Waals surface area contributed by atoms with Crippen molar-refractivity contribution < 1.29 is 9.53 Å². The minimum atomic E-state index is -0.192. The summed E-state index contributed by atoms with van der Waals surface area (Å²) in [5.41, 5.74) is 2.68. The van der Waals surface area contributed by atoms with Gasteiger partial charge in [0.15, 0.2) is 0 Å². The lowest BCUT2D eigenvalue weighted by atomic mass is 10.1. The number of pyridine rings is 1. The van der Waals surface area contributed by atoms with Crippen LogP contribution < -0.4 is 10.2 Å². The minimum absolute atomic E-state index is 0.192. The van der Waals surface area contributed by atoms with Crippen LogP contribution in [-0.4, -0.2) is 49.3 Å². The monoisotopic (exact) mass is 402 g/mol. The lowest BCUT2D eigenvalue weighted by Gasteiger charge is -2.30. The first-order chi connectivity index (χ1) is 13.7. The van der Waals surface area contributed by atoms with E-state index < -0.39 is 0 Å². The van der Waals surface area contributed by atoms with E-state index in [1.807, 2.05) is 30.3 Å². The molecule has 0 aliphatic carbocycles. The quantitative estimate of drug-likeness (QED) is 0.745. The van der Waals surface area contributed by atoms with E-state index in [-0.39, 0.29) is 6.03 Å².